The molecule has 0 unspecified atom stereocenters. The Morgan fingerprint density at radius 2 is 2.18 bits per heavy atom. The molecular weight excluding hydrogens is 286 g/mol. The van der Waals surface area contributed by atoms with Crippen molar-refractivity contribution in [1.29, 1.82) is 0 Å². The van der Waals surface area contributed by atoms with Crippen molar-refractivity contribution in [2.45, 2.75) is 19.9 Å². The zero-order valence-electron chi connectivity index (χ0n) is 9.98. The summed E-state index contributed by atoms with van der Waals surface area (Å²) in [5, 5.41) is 5.57. The van der Waals surface area contributed by atoms with Crippen LogP contribution >= 0.6 is 15.9 Å². The van der Waals surface area contributed by atoms with Crippen molar-refractivity contribution >= 4 is 22.0 Å². The Morgan fingerprint density at radius 3 is 2.76 bits per heavy atom. The Morgan fingerprint density at radius 1 is 1.47 bits per heavy atom. The van der Waals surface area contributed by atoms with Crippen LogP contribution in [-0.2, 0) is 13.6 Å². The summed E-state index contributed by atoms with van der Waals surface area (Å²) in [4.78, 5) is 13.6. The molecule has 1 aromatic heterocycles. The van der Waals surface area contributed by atoms with E-state index >= 15 is 0 Å². The molecular formula is C10H16BrN5O. The minimum atomic E-state index is -0.123. The summed E-state index contributed by atoms with van der Waals surface area (Å²) >= 11 is 3.50. The minimum Gasteiger partial charge on any atom is -0.318 e. The second kappa shape index (κ2) is 4.66. The summed E-state index contributed by atoms with van der Waals surface area (Å²) in [5.41, 5.74) is 1.92. The van der Waals surface area contributed by atoms with Gasteiger partial charge in [0.15, 0.2) is 0 Å². The highest BCUT2D eigenvalue weighted by molar-refractivity contribution is 9.10. The summed E-state index contributed by atoms with van der Waals surface area (Å²) in [5.74, 6) is 5.61. The molecule has 0 spiro atoms. The molecule has 2 amide bonds. The van der Waals surface area contributed by atoms with Gasteiger partial charge in [-0.05, 0) is 29.3 Å². The first kappa shape index (κ1) is 12.4. The van der Waals surface area contributed by atoms with Gasteiger partial charge in [-0.1, -0.05) is 0 Å². The summed E-state index contributed by atoms with van der Waals surface area (Å²) in [6.07, 6.45) is 0.899. The average Bonchev–Trinajstić information content (AvgIpc) is 2.51. The maximum atomic E-state index is 11.8. The number of nitrogens with two attached hydrogens (primary N) is 1. The number of urea groups is 1. The van der Waals surface area contributed by atoms with E-state index < -0.39 is 0 Å². The predicted molar refractivity (Wildman–Crippen MR) is 67.0 cm³/mol. The molecule has 6 nitrogen and oxygen atoms in total. The van der Waals surface area contributed by atoms with Crippen LogP contribution in [0.25, 0.3) is 0 Å². The fourth-order valence-electron chi connectivity index (χ4n) is 1.98. The summed E-state index contributed by atoms with van der Waals surface area (Å²) in [7, 11) is 1.88. The fourth-order valence-corrected chi connectivity index (χ4v) is 2.45. The smallest absolute Gasteiger partial charge is 0.318 e. The van der Waals surface area contributed by atoms with Crippen LogP contribution in [0.15, 0.2) is 4.47 Å². The molecule has 2 rings (SSSR count). The number of hydrogen-bond donors (Lipinski definition) is 1. The number of hydrazine groups is 1. The second-order valence-corrected chi connectivity index (χ2v) is 5.01. The number of hydrogen-bond acceptors (Lipinski definition) is 3. The van der Waals surface area contributed by atoms with E-state index in [9.17, 15) is 4.79 Å². The van der Waals surface area contributed by atoms with E-state index in [-0.39, 0.29) is 6.03 Å². The normalized spacial score (nSPS) is 16.8. The number of halogens is 1. The highest BCUT2D eigenvalue weighted by Crippen LogP contribution is 2.22. The molecule has 7 heteroatoms. The standard InChI is InChI=1S/C10H16BrN5O/c1-7-9(11)8(14(2)13-7)6-15-4-3-5-16(12)10(15)17/h3-6,12H2,1-2H3. The lowest BCUT2D eigenvalue weighted by Gasteiger charge is -2.32. The molecule has 94 valence electrons. The Bertz CT molecular complexity index is 444. The van der Waals surface area contributed by atoms with Crippen LogP contribution in [0.1, 0.15) is 17.8 Å². The lowest BCUT2D eigenvalue weighted by atomic mass is 10.3. The first-order valence-corrected chi connectivity index (χ1v) is 6.29. The van der Waals surface area contributed by atoms with Gasteiger partial charge in [-0.25, -0.2) is 10.6 Å². The SMILES string of the molecule is Cc1nn(C)c(CN2CCCN(N)C2=O)c1Br. The summed E-state index contributed by atoms with van der Waals surface area (Å²) in [6, 6.07) is -0.123. The summed E-state index contributed by atoms with van der Waals surface area (Å²) in [6.45, 7) is 3.83. The highest BCUT2D eigenvalue weighted by atomic mass is 79.9. The lowest BCUT2D eigenvalue weighted by molar-refractivity contribution is 0.126. The van der Waals surface area contributed by atoms with Gasteiger partial charge in [-0.3, -0.25) is 9.69 Å². The number of amides is 2. The molecule has 0 aliphatic carbocycles. The van der Waals surface area contributed by atoms with Crippen LogP contribution in [0.3, 0.4) is 0 Å². The largest absolute Gasteiger partial charge is 0.334 e. The van der Waals surface area contributed by atoms with Crippen LogP contribution in [0.2, 0.25) is 0 Å². The predicted octanol–water partition coefficient (Wildman–Crippen LogP) is 0.992. The Kier molecular flexibility index (Phi) is 3.39. The Balaban J connectivity index is 2.17. The van der Waals surface area contributed by atoms with Crippen molar-refractivity contribution in [1.82, 2.24) is 19.7 Å². The monoisotopic (exact) mass is 301 g/mol. The molecule has 0 saturated carbocycles. The van der Waals surface area contributed by atoms with Gasteiger partial charge in [0.05, 0.1) is 22.4 Å². The summed E-state index contributed by atoms with van der Waals surface area (Å²) < 4.78 is 2.75. The van der Waals surface area contributed by atoms with Gasteiger partial charge in [0, 0.05) is 20.1 Å². The van der Waals surface area contributed by atoms with Crippen molar-refractivity contribution in [3.05, 3.63) is 15.9 Å². The van der Waals surface area contributed by atoms with Crippen LogP contribution in [0.4, 0.5) is 4.79 Å². The Hall–Kier alpha value is -1.08. The maximum absolute atomic E-state index is 11.8. The third kappa shape index (κ3) is 2.30. The molecule has 1 aliphatic heterocycles. The quantitative estimate of drug-likeness (QED) is 0.654. The van der Waals surface area contributed by atoms with Crippen LogP contribution < -0.4 is 5.84 Å². The number of aryl methyl sites for hydroxylation is 2. The fraction of sp³-hybridized carbons (Fsp3) is 0.600. The van der Waals surface area contributed by atoms with E-state index in [1.807, 2.05) is 14.0 Å². The molecule has 1 aliphatic rings. The lowest BCUT2D eigenvalue weighted by Crippen LogP contribution is -2.52. The van der Waals surface area contributed by atoms with Gasteiger partial charge < -0.3 is 4.90 Å². The van der Waals surface area contributed by atoms with Crippen molar-refractivity contribution < 1.29 is 4.79 Å². The maximum Gasteiger partial charge on any atom is 0.334 e. The van der Waals surface area contributed by atoms with E-state index in [2.05, 4.69) is 21.0 Å². The first-order valence-electron chi connectivity index (χ1n) is 5.50. The number of rotatable bonds is 2. The topological polar surface area (TPSA) is 67.4 Å². The van der Waals surface area contributed by atoms with Gasteiger partial charge >= 0.3 is 6.03 Å². The van der Waals surface area contributed by atoms with Gasteiger partial charge in [-0.2, -0.15) is 5.10 Å². The number of carbonyl (C=O) groups is 1. The van der Waals surface area contributed by atoms with Crippen molar-refractivity contribution in [2.75, 3.05) is 13.1 Å². The molecule has 1 aromatic rings. The molecule has 1 saturated heterocycles. The minimum absolute atomic E-state index is 0.123. The van der Waals surface area contributed by atoms with Gasteiger partial charge in [0.2, 0.25) is 0 Å². The van der Waals surface area contributed by atoms with Crippen molar-refractivity contribution in [2.24, 2.45) is 12.9 Å². The molecule has 2 heterocycles. The molecule has 0 radical (unpaired) electrons. The average molecular weight is 302 g/mol. The van der Waals surface area contributed by atoms with E-state index in [0.29, 0.717) is 13.1 Å². The number of carbonyl (C=O) groups excluding carboxylic acids is 1. The third-order valence-electron chi connectivity index (χ3n) is 2.95. The van der Waals surface area contributed by atoms with Crippen LogP contribution in [0.5, 0.6) is 0 Å². The van der Waals surface area contributed by atoms with Gasteiger partial charge in [-0.15, -0.1) is 0 Å². The van der Waals surface area contributed by atoms with E-state index in [1.54, 1.807) is 9.58 Å². The molecule has 17 heavy (non-hydrogen) atoms. The molecule has 1 fully saturated rings. The molecule has 0 atom stereocenters. The van der Waals surface area contributed by atoms with E-state index in [4.69, 9.17) is 5.84 Å². The van der Waals surface area contributed by atoms with Gasteiger partial charge in [0.1, 0.15) is 0 Å². The van der Waals surface area contributed by atoms with Crippen LogP contribution in [0, 0.1) is 6.92 Å². The number of nitrogens with zero attached hydrogens (tertiary/aromatic N) is 4. The van der Waals surface area contributed by atoms with E-state index in [0.717, 1.165) is 28.8 Å². The third-order valence-corrected chi connectivity index (χ3v) is 3.98. The number of aromatic nitrogens is 2. The first-order chi connectivity index (χ1) is 8.00. The van der Waals surface area contributed by atoms with Crippen molar-refractivity contribution in [3.63, 3.8) is 0 Å². The van der Waals surface area contributed by atoms with Gasteiger partial charge in [0.25, 0.3) is 0 Å². The van der Waals surface area contributed by atoms with E-state index in [1.165, 1.54) is 5.01 Å². The Labute approximate surface area is 108 Å². The second-order valence-electron chi connectivity index (χ2n) is 4.22. The molecule has 0 aromatic carbocycles. The molecule has 0 bridgehead atoms. The van der Waals surface area contributed by atoms with Crippen molar-refractivity contribution in [3.8, 4) is 0 Å². The highest BCUT2D eigenvalue weighted by Gasteiger charge is 2.25. The van der Waals surface area contributed by atoms with Crippen LogP contribution in [-0.4, -0.2) is 38.8 Å². The molecule has 2 N–H and O–H groups in total. The zero-order valence-corrected chi connectivity index (χ0v) is 11.6. The zero-order chi connectivity index (χ0) is 12.6.